The first-order valence-electron chi connectivity index (χ1n) is 4.13. The Bertz CT molecular complexity index is 395. The van der Waals surface area contributed by atoms with Gasteiger partial charge >= 0.3 is 7.12 Å². The SMILES string of the molecule is C=CC(=O)Nc1ccc(F)cc1B(O)O. The Balaban J connectivity index is 3.05. The van der Waals surface area contributed by atoms with Crippen molar-refractivity contribution in [1.29, 1.82) is 0 Å². The molecule has 0 heterocycles. The van der Waals surface area contributed by atoms with Crippen LogP contribution in [0.3, 0.4) is 0 Å². The Hall–Kier alpha value is -1.66. The first-order chi connectivity index (χ1) is 7.04. The number of halogens is 1. The Morgan fingerprint density at radius 1 is 1.53 bits per heavy atom. The zero-order chi connectivity index (χ0) is 11.4. The maximum Gasteiger partial charge on any atom is 0.490 e. The van der Waals surface area contributed by atoms with Crippen LogP contribution < -0.4 is 10.8 Å². The van der Waals surface area contributed by atoms with Crippen LogP contribution in [0.2, 0.25) is 0 Å². The van der Waals surface area contributed by atoms with Crippen LogP contribution >= 0.6 is 0 Å². The highest BCUT2D eigenvalue weighted by Gasteiger charge is 2.17. The van der Waals surface area contributed by atoms with Gasteiger partial charge in [0.15, 0.2) is 0 Å². The van der Waals surface area contributed by atoms with Crippen LogP contribution in [0.15, 0.2) is 30.9 Å². The van der Waals surface area contributed by atoms with Gasteiger partial charge in [0.1, 0.15) is 5.82 Å². The Morgan fingerprint density at radius 3 is 2.73 bits per heavy atom. The lowest BCUT2D eigenvalue weighted by Crippen LogP contribution is -2.33. The molecule has 0 radical (unpaired) electrons. The number of carbonyl (C=O) groups is 1. The van der Waals surface area contributed by atoms with Crippen LogP contribution in [0.1, 0.15) is 0 Å². The van der Waals surface area contributed by atoms with Crippen molar-refractivity contribution in [3.63, 3.8) is 0 Å². The van der Waals surface area contributed by atoms with E-state index in [0.29, 0.717) is 0 Å². The second-order valence-corrected chi connectivity index (χ2v) is 2.80. The predicted molar refractivity (Wildman–Crippen MR) is 55.1 cm³/mol. The highest BCUT2D eigenvalue weighted by Crippen LogP contribution is 2.06. The second-order valence-electron chi connectivity index (χ2n) is 2.80. The Kier molecular flexibility index (Phi) is 3.59. The molecule has 0 unspecified atom stereocenters. The summed E-state index contributed by atoms with van der Waals surface area (Å²) in [7, 11) is -1.85. The summed E-state index contributed by atoms with van der Waals surface area (Å²) in [6.45, 7) is 3.24. The number of nitrogens with one attached hydrogen (secondary N) is 1. The molecule has 0 saturated heterocycles. The van der Waals surface area contributed by atoms with Crippen LogP contribution in [0.5, 0.6) is 0 Å². The van der Waals surface area contributed by atoms with Crippen molar-refractivity contribution >= 4 is 24.2 Å². The molecule has 78 valence electrons. The minimum absolute atomic E-state index is 0.106. The molecule has 1 aromatic rings. The lowest BCUT2D eigenvalue weighted by Gasteiger charge is -2.08. The average Bonchev–Trinajstić information content (AvgIpc) is 2.20. The molecule has 6 heteroatoms. The first-order valence-corrected chi connectivity index (χ1v) is 4.13. The standard InChI is InChI=1S/C9H9BFNO3/c1-2-9(13)12-8-4-3-6(11)5-7(8)10(14)15/h2-5,14-15H,1H2,(H,12,13). The molecular formula is C9H9BFNO3. The van der Waals surface area contributed by atoms with Gasteiger partial charge in [-0.3, -0.25) is 4.79 Å². The molecule has 0 fully saturated rings. The molecule has 4 nitrogen and oxygen atoms in total. The number of carbonyl (C=O) groups excluding carboxylic acids is 1. The summed E-state index contributed by atoms with van der Waals surface area (Å²) in [5, 5.41) is 20.2. The summed E-state index contributed by atoms with van der Waals surface area (Å²) in [5.41, 5.74) is 0.0292. The van der Waals surface area contributed by atoms with Gasteiger partial charge in [0, 0.05) is 11.2 Å². The van der Waals surface area contributed by atoms with E-state index >= 15 is 0 Å². The summed E-state index contributed by atoms with van der Waals surface area (Å²) in [6, 6.07) is 3.28. The average molecular weight is 209 g/mol. The molecular weight excluding hydrogens is 200 g/mol. The van der Waals surface area contributed by atoms with Gasteiger partial charge in [0.25, 0.3) is 0 Å². The maximum absolute atomic E-state index is 12.8. The van der Waals surface area contributed by atoms with E-state index < -0.39 is 18.8 Å². The monoisotopic (exact) mass is 209 g/mol. The smallest absolute Gasteiger partial charge is 0.423 e. The summed E-state index contributed by atoms with van der Waals surface area (Å²) < 4.78 is 12.8. The first kappa shape index (κ1) is 11.4. The van der Waals surface area contributed by atoms with Crippen molar-refractivity contribution in [3.8, 4) is 0 Å². The van der Waals surface area contributed by atoms with E-state index in [1.165, 1.54) is 6.07 Å². The van der Waals surface area contributed by atoms with Crippen molar-refractivity contribution in [2.45, 2.75) is 0 Å². The number of rotatable bonds is 3. The van der Waals surface area contributed by atoms with Crippen LogP contribution in [0.25, 0.3) is 0 Å². The molecule has 0 aliphatic carbocycles. The fraction of sp³-hybridized carbons (Fsp3) is 0. The van der Waals surface area contributed by atoms with Crippen molar-refractivity contribution in [3.05, 3.63) is 36.7 Å². The number of hydrogen-bond acceptors (Lipinski definition) is 3. The van der Waals surface area contributed by atoms with Gasteiger partial charge in [-0.2, -0.15) is 0 Å². The Morgan fingerprint density at radius 2 is 2.20 bits per heavy atom. The van der Waals surface area contributed by atoms with Gasteiger partial charge < -0.3 is 15.4 Å². The number of hydrogen-bond donors (Lipinski definition) is 3. The lowest BCUT2D eigenvalue weighted by molar-refractivity contribution is -0.111. The van der Waals surface area contributed by atoms with E-state index in [1.807, 2.05) is 0 Å². The quantitative estimate of drug-likeness (QED) is 0.469. The largest absolute Gasteiger partial charge is 0.490 e. The van der Waals surface area contributed by atoms with Crippen LogP contribution in [0.4, 0.5) is 10.1 Å². The predicted octanol–water partition coefficient (Wildman–Crippen LogP) is -0.370. The molecule has 0 bridgehead atoms. The second kappa shape index (κ2) is 4.72. The molecule has 0 aliphatic heterocycles. The van der Waals surface area contributed by atoms with Gasteiger partial charge in [-0.1, -0.05) is 6.58 Å². The number of amides is 1. The number of anilines is 1. The molecule has 1 aromatic carbocycles. The topological polar surface area (TPSA) is 69.6 Å². The van der Waals surface area contributed by atoms with E-state index in [2.05, 4.69) is 11.9 Å². The highest BCUT2D eigenvalue weighted by molar-refractivity contribution is 6.60. The van der Waals surface area contributed by atoms with E-state index in [1.54, 1.807) is 0 Å². The zero-order valence-corrected chi connectivity index (χ0v) is 7.77. The molecule has 3 N–H and O–H groups in total. The molecule has 15 heavy (non-hydrogen) atoms. The van der Waals surface area contributed by atoms with E-state index in [0.717, 1.165) is 18.2 Å². The van der Waals surface area contributed by atoms with Crippen LogP contribution in [0, 0.1) is 5.82 Å². The van der Waals surface area contributed by atoms with Gasteiger partial charge in [0.05, 0.1) is 0 Å². The molecule has 0 spiro atoms. The van der Waals surface area contributed by atoms with Crippen molar-refractivity contribution < 1.29 is 19.2 Å². The zero-order valence-electron chi connectivity index (χ0n) is 7.77. The molecule has 0 aliphatic rings. The third kappa shape index (κ3) is 2.90. The Labute approximate surface area is 86.2 Å². The lowest BCUT2D eigenvalue weighted by atomic mass is 9.79. The van der Waals surface area contributed by atoms with Crippen LogP contribution in [-0.4, -0.2) is 23.1 Å². The fourth-order valence-electron chi connectivity index (χ4n) is 1.04. The van der Waals surface area contributed by atoms with Gasteiger partial charge in [-0.15, -0.1) is 0 Å². The fourth-order valence-corrected chi connectivity index (χ4v) is 1.04. The van der Waals surface area contributed by atoms with Crippen molar-refractivity contribution in [2.75, 3.05) is 5.32 Å². The van der Waals surface area contributed by atoms with Gasteiger partial charge in [0.2, 0.25) is 5.91 Å². The maximum atomic E-state index is 12.8. The molecule has 0 saturated carbocycles. The molecule has 0 aromatic heterocycles. The van der Waals surface area contributed by atoms with Crippen molar-refractivity contribution in [1.82, 2.24) is 0 Å². The summed E-state index contributed by atoms with van der Waals surface area (Å²) in [6.07, 6.45) is 1.02. The summed E-state index contributed by atoms with van der Waals surface area (Å²) >= 11 is 0. The van der Waals surface area contributed by atoms with Gasteiger partial charge in [-0.05, 0) is 24.3 Å². The summed E-state index contributed by atoms with van der Waals surface area (Å²) in [5.74, 6) is -1.13. The third-order valence-electron chi connectivity index (χ3n) is 1.74. The summed E-state index contributed by atoms with van der Waals surface area (Å²) in [4.78, 5) is 11.0. The normalized spacial score (nSPS) is 9.53. The van der Waals surface area contributed by atoms with E-state index in [9.17, 15) is 9.18 Å². The van der Waals surface area contributed by atoms with E-state index in [-0.39, 0.29) is 11.2 Å². The van der Waals surface area contributed by atoms with Crippen molar-refractivity contribution in [2.24, 2.45) is 0 Å². The highest BCUT2D eigenvalue weighted by atomic mass is 19.1. The third-order valence-corrected chi connectivity index (χ3v) is 1.74. The van der Waals surface area contributed by atoms with Crippen LogP contribution in [-0.2, 0) is 4.79 Å². The molecule has 0 atom stereocenters. The number of benzene rings is 1. The minimum atomic E-state index is -1.85. The van der Waals surface area contributed by atoms with E-state index in [4.69, 9.17) is 10.0 Å². The minimum Gasteiger partial charge on any atom is -0.423 e. The molecule has 1 amide bonds. The van der Waals surface area contributed by atoms with Gasteiger partial charge in [-0.25, -0.2) is 4.39 Å². The molecule has 1 rings (SSSR count).